The molecule has 0 aliphatic carbocycles. The fourth-order valence-corrected chi connectivity index (χ4v) is 3.02. The molecule has 2 N–H and O–H groups in total. The predicted molar refractivity (Wildman–Crippen MR) is 73.6 cm³/mol. The summed E-state index contributed by atoms with van der Waals surface area (Å²) < 4.78 is 0.930. The van der Waals surface area contributed by atoms with Gasteiger partial charge in [-0.15, -0.1) is 23.7 Å². The topological polar surface area (TPSA) is 29.3 Å². The molecule has 92 valence electrons. The van der Waals surface area contributed by atoms with E-state index in [1.165, 1.54) is 12.0 Å². The van der Waals surface area contributed by atoms with E-state index in [0.29, 0.717) is 12.0 Å². The van der Waals surface area contributed by atoms with Crippen molar-refractivity contribution in [2.45, 2.75) is 25.9 Å². The Balaban J connectivity index is 0.00000128. The smallest absolute Gasteiger partial charge is 0.0973 e. The first-order chi connectivity index (χ1) is 7.16. The SMILES string of the molecule is CC(N)C1CCN(Cc2ccsc2Cl)C1.Cl. The number of nitrogens with zero attached hydrogens (tertiary/aromatic N) is 1. The molecule has 0 bridgehead atoms. The number of rotatable bonds is 3. The molecular weight excluding hydrogens is 263 g/mol. The van der Waals surface area contributed by atoms with Gasteiger partial charge < -0.3 is 5.73 Å². The van der Waals surface area contributed by atoms with Crippen LogP contribution in [0, 0.1) is 5.92 Å². The number of hydrogen-bond donors (Lipinski definition) is 1. The molecule has 1 aliphatic heterocycles. The predicted octanol–water partition coefficient (Wildman–Crippen LogP) is 2.99. The molecule has 1 fully saturated rings. The maximum absolute atomic E-state index is 6.08. The van der Waals surface area contributed by atoms with Crippen molar-refractivity contribution in [2.24, 2.45) is 11.7 Å². The van der Waals surface area contributed by atoms with Crippen molar-refractivity contribution in [3.05, 3.63) is 21.3 Å². The van der Waals surface area contributed by atoms with Gasteiger partial charge in [-0.2, -0.15) is 0 Å². The van der Waals surface area contributed by atoms with Gasteiger partial charge in [-0.05, 0) is 42.8 Å². The summed E-state index contributed by atoms with van der Waals surface area (Å²) in [6.45, 7) is 5.35. The summed E-state index contributed by atoms with van der Waals surface area (Å²) in [5.41, 5.74) is 7.17. The zero-order valence-electron chi connectivity index (χ0n) is 9.36. The third-order valence-corrected chi connectivity index (χ3v) is 4.39. The van der Waals surface area contributed by atoms with Gasteiger partial charge in [-0.1, -0.05) is 11.6 Å². The highest BCUT2D eigenvalue weighted by molar-refractivity contribution is 7.14. The summed E-state index contributed by atoms with van der Waals surface area (Å²) in [6, 6.07) is 2.43. The Morgan fingerprint density at radius 1 is 1.69 bits per heavy atom. The van der Waals surface area contributed by atoms with E-state index >= 15 is 0 Å². The first kappa shape index (κ1) is 14.3. The quantitative estimate of drug-likeness (QED) is 0.923. The summed E-state index contributed by atoms with van der Waals surface area (Å²) in [4.78, 5) is 2.45. The zero-order valence-corrected chi connectivity index (χ0v) is 11.7. The molecular formula is C11H18Cl2N2S. The molecule has 1 aromatic rings. The van der Waals surface area contributed by atoms with Gasteiger partial charge >= 0.3 is 0 Å². The first-order valence-electron chi connectivity index (χ1n) is 5.36. The van der Waals surface area contributed by atoms with Crippen molar-refractivity contribution >= 4 is 35.3 Å². The number of nitrogens with two attached hydrogens (primary N) is 1. The Hall–Kier alpha value is 0.200. The monoisotopic (exact) mass is 280 g/mol. The summed E-state index contributed by atoms with van der Waals surface area (Å²) in [7, 11) is 0. The lowest BCUT2D eigenvalue weighted by molar-refractivity contribution is 0.309. The van der Waals surface area contributed by atoms with E-state index < -0.39 is 0 Å². The molecule has 2 atom stereocenters. The van der Waals surface area contributed by atoms with Crippen molar-refractivity contribution in [2.75, 3.05) is 13.1 Å². The number of hydrogen-bond acceptors (Lipinski definition) is 3. The second-order valence-corrected chi connectivity index (χ2v) is 5.88. The van der Waals surface area contributed by atoms with E-state index in [2.05, 4.69) is 23.3 Å². The number of halogens is 2. The van der Waals surface area contributed by atoms with Gasteiger partial charge in [0, 0.05) is 19.1 Å². The Labute approximate surface area is 112 Å². The maximum Gasteiger partial charge on any atom is 0.0973 e. The lowest BCUT2D eigenvalue weighted by Gasteiger charge is -2.17. The van der Waals surface area contributed by atoms with Crippen LogP contribution < -0.4 is 5.73 Å². The van der Waals surface area contributed by atoms with Gasteiger partial charge in [0.2, 0.25) is 0 Å². The van der Waals surface area contributed by atoms with Crippen molar-refractivity contribution in [3.8, 4) is 0 Å². The first-order valence-corrected chi connectivity index (χ1v) is 6.62. The van der Waals surface area contributed by atoms with Gasteiger partial charge in [-0.3, -0.25) is 4.90 Å². The van der Waals surface area contributed by atoms with Crippen LogP contribution in [0.2, 0.25) is 4.34 Å². The van der Waals surface area contributed by atoms with Gasteiger partial charge in [0.15, 0.2) is 0 Å². The van der Waals surface area contributed by atoms with Crippen LogP contribution in [0.4, 0.5) is 0 Å². The summed E-state index contributed by atoms with van der Waals surface area (Å²) in [5.74, 6) is 0.655. The molecule has 1 aromatic heterocycles. The van der Waals surface area contributed by atoms with Crippen LogP contribution in [0.25, 0.3) is 0 Å². The van der Waals surface area contributed by atoms with Crippen LogP contribution in [0.15, 0.2) is 11.4 Å². The van der Waals surface area contributed by atoms with Gasteiger partial charge in [0.25, 0.3) is 0 Å². The van der Waals surface area contributed by atoms with Crippen LogP contribution in [0.5, 0.6) is 0 Å². The standard InChI is InChI=1S/C11H17ClN2S.ClH/c1-8(13)9-2-4-14(6-9)7-10-3-5-15-11(10)12;/h3,5,8-9H,2,4,6-7,13H2,1H3;1H. The van der Waals surface area contributed by atoms with Crippen LogP contribution in [0.1, 0.15) is 18.9 Å². The summed E-state index contributed by atoms with van der Waals surface area (Å²) >= 11 is 7.69. The Bertz CT molecular complexity index is 328. The van der Waals surface area contributed by atoms with E-state index in [0.717, 1.165) is 24.0 Å². The molecule has 1 saturated heterocycles. The van der Waals surface area contributed by atoms with E-state index in [1.54, 1.807) is 11.3 Å². The zero-order chi connectivity index (χ0) is 10.8. The van der Waals surface area contributed by atoms with Gasteiger partial charge in [0.1, 0.15) is 0 Å². The molecule has 2 heterocycles. The van der Waals surface area contributed by atoms with Crippen molar-refractivity contribution in [1.29, 1.82) is 0 Å². The van der Waals surface area contributed by atoms with Gasteiger partial charge in [-0.25, -0.2) is 0 Å². The molecule has 0 aromatic carbocycles. The maximum atomic E-state index is 6.08. The molecule has 2 unspecified atom stereocenters. The average molecular weight is 281 g/mol. The minimum Gasteiger partial charge on any atom is -0.328 e. The lowest BCUT2D eigenvalue weighted by atomic mass is 10.0. The fraction of sp³-hybridized carbons (Fsp3) is 0.636. The van der Waals surface area contributed by atoms with E-state index in [4.69, 9.17) is 17.3 Å². The van der Waals surface area contributed by atoms with Crippen LogP contribution >= 0.6 is 35.3 Å². The molecule has 1 aliphatic rings. The average Bonchev–Trinajstić information content (AvgIpc) is 2.77. The van der Waals surface area contributed by atoms with E-state index in [1.807, 2.05) is 0 Å². The number of thiophene rings is 1. The van der Waals surface area contributed by atoms with Crippen LogP contribution in [0.3, 0.4) is 0 Å². The molecule has 0 saturated carbocycles. The Morgan fingerprint density at radius 3 is 2.94 bits per heavy atom. The van der Waals surface area contributed by atoms with Crippen molar-refractivity contribution in [1.82, 2.24) is 4.90 Å². The Morgan fingerprint density at radius 2 is 2.44 bits per heavy atom. The molecule has 5 heteroatoms. The highest BCUT2D eigenvalue weighted by atomic mass is 35.5. The molecule has 0 amide bonds. The highest BCUT2D eigenvalue weighted by Crippen LogP contribution is 2.27. The van der Waals surface area contributed by atoms with Crippen molar-refractivity contribution in [3.63, 3.8) is 0 Å². The molecule has 16 heavy (non-hydrogen) atoms. The highest BCUT2D eigenvalue weighted by Gasteiger charge is 2.25. The summed E-state index contributed by atoms with van der Waals surface area (Å²) in [5, 5.41) is 2.05. The van der Waals surface area contributed by atoms with Crippen LogP contribution in [-0.2, 0) is 6.54 Å². The fourth-order valence-electron chi connectivity index (χ4n) is 2.11. The third-order valence-electron chi connectivity index (χ3n) is 3.14. The number of likely N-dealkylation sites (tertiary alicyclic amines) is 1. The van der Waals surface area contributed by atoms with Crippen LogP contribution in [-0.4, -0.2) is 24.0 Å². The van der Waals surface area contributed by atoms with E-state index in [9.17, 15) is 0 Å². The summed E-state index contributed by atoms with van der Waals surface area (Å²) in [6.07, 6.45) is 1.22. The van der Waals surface area contributed by atoms with Crippen molar-refractivity contribution < 1.29 is 0 Å². The molecule has 0 radical (unpaired) electrons. The minimum absolute atomic E-state index is 0. The second-order valence-electron chi connectivity index (χ2n) is 4.36. The van der Waals surface area contributed by atoms with Gasteiger partial charge in [0.05, 0.1) is 4.34 Å². The molecule has 2 rings (SSSR count). The van der Waals surface area contributed by atoms with E-state index in [-0.39, 0.29) is 12.4 Å². The molecule has 2 nitrogen and oxygen atoms in total. The molecule has 0 spiro atoms. The normalized spacial score (nSPS) is 23.1. The third kappa shape index (κ3) is 3.34. The largest absolute Gasteiger partial charge is 0.328 e. The lowest BCUT2D eigenvalue weighted by Crippen LogP contribution is -2.29. The minimum atomic E-state index is 0. The second kappa shape index (κ2) is 6.22. The Kier molecular flexibility index (Phi) is 5.54.